The Hall–Kier alpha value is -3.41. The van der Waals surface area contributed by atoms with E-state index in [0.29, 0.717) is 11.3 Å². The summed E-state index contributed by atoms with van der Waals surface area (Å²) in [5.74, 6) is -0.181. The number of pyridine rings is 1. The number of nitrogens with one attached hydrogen (secondary N) is 2. The Morgan fingerprint density at radius 2 is 1.92 bits per heavy atom. The molecule has 0 unspecified atom stereocenters. The average Bonchev–Trinajstić information content (AvgIpc) is 3.18. The summed E-state index contributed by atoms with van der Waals surface area (Å²) in [6, 6.07) is 13.5. The molecule has 0 fully saturated rings. The van der Waals surface area contributed by atoms with Crippen LogP contribution in [-0.4, -0.2) is 25.5 Å². The number of anilines is 1. The number of fused-ring (bicyclic) bond motifs is 1. The normalized spacial score (nSPS) is 11.0. The van der Waals surface area contributed by atoms with Crippen LogP contribution < -0.4 is 5.32 Å². The van der Waals surface area contributed by atoms with Gasteiger partial charge in [-0.15, -0.1) is 0 Å². The molecule has 1 amide bonds. The number of aromatic amines is 1. The van der Waals surface area contributed by atoms with Gasteiger partial charge in [0.05, 0.1) is 22.6 Å². The molecule has 0 saturated heterocycles. The third kappa shape index (κ3) is 2.67. The van der Waals surface area contributed by atoms with Crippen LogP contribution in [0.1, 0.15) is 21.7 Å². The minimum Gasteiger partial charge on any atom is -0.321 e. The largest absolute Gasteiger partial charge is 0.321 e. The number of benzene rings is 1. The molecule has 0 aliphatic heterocycles. The van der Waals surface area contributed by atoms with E-state index in [4.69, 9.17) is 0 Å². The number of para-hydroxylation sites is 1. The highest BCUT2D eigenvalue weighted by molar-refractivity contribution is 6.07. The van der Waals surface area contributed by atoms with Crippen molar-refractivity contribution < 1.29 is 4.79 Å². The van der Waals surface area contributed by atoms with Crippen molar-refractivity contribution in [1.29, 1.82) is 0 Å². The van der Waals surface area contributed by atoms with Gasteiger partial charge in [-0.1, -0.05) is 24.3 Å². The van der Waals surface area contributed by atoms with Crippen molar-refractivity contribution in [1.82, 2.24) is 19.6 Å². The monoisotopic (exact) mass is 331 g/mol. The summed E-state index contributed by atoms with van der Waals surface area (Å²) in [5, 5.41) is 9.92. The van der Waals surface area contributed by atoms with Crippen LogP contribution >= 0.6 is 0 Å². The number of H-pyrrole nitrogens is 1. The predicted octanol–water partition coefficient (Wildman–Crippen LogP) is 3.59. The molecular weight excluding hydrogens is 314 g/mol. The van der Waals surface area contributed by atoms with E-state index in [1.165, 1.54) is 0 Å². The van der Waals surface area contributed by atoms with Crippen LogP contribution in [0, 0.1) is 13.8 Å². The molecule has 3 aromatic heterocycles. The lowest BCUT2D eigenvalue weighted by atomic mass is 10.1. The molecule has 0 atom stereocenters. The molecule has 25 heavy (non-hydrogen) atoms. The molecule has 0 saturated carbocycles. The minimum atomic E-state index is -0.181. The van der Waals surface area contributed by atoms with Gasteiger partial charge in [-0.2, -0.15) is 5.10 Å². The summed E-state index contributed by atoms with van der Waals surface area (Å²) in [6.45, 7) is 3.65. The number of aromatic nitrogens is 4. The Kier molecular flexibility index (Phi) is 3.57. The fraction of sp³-hybridized carbons (Fsp3) is 0.105. The van der Waals surface area contributed by atoms with Gasteiger partial charge in [-0.25, -0.2) is 4.98 Å². The molecule has 3 heterocycles. The van der Waals surface area contributed by atoms with Crippen molar-refractivity contribution in [3.05, 3.63) is 71.8 Å². The lowest BCUT2D eigenvalue weighted by Crippen LogP contribution is -2.14. The average molecular weight is 331 g/mol. The highest BCUT2D eigenvalue weighted by Crippen LogP contribution is 2.28. The van der Waals surface area contributed by atoms with Gasteiger partial charge in [0, 0.05) is 23.7 Å². The van der Waals surface area contributed by atoms with Crippen LogP contribution in [0.3, 0.4) is 0 Å². The maximum absolute atomic E-state index is 12.7. The molecule has 2 N–H and O–H groups in total. The van der Waals surface area contributed by atoms with E-state index >= 15 is 0 Å². The van der Waals surface area contributed by atoms with Gasteiger partial charge >= 0.3 is 0 Å². The molecule has 6 nitrogen and oxygen atoms in total. The van der Waals surface area contributed by atoms with Crippen molar-refractivity contribution in [2.45, 2.75) is 13.8 Å². The number of hydrogen-bond acceptors (Lipinski definition) is 3. The number of nitrogens with zero attached hydrogens (tertiary/aromatic N) is 3. The lowest BCUT2D eigenvalue weighted by Gasteiger charge is -2.09. The molecule has 4 aromatic rings. The highest BCUT2D eigenvalue weighted by Gasteiger charge is 2.17. The third-order valence-corrected chi connectivity index (χ3v) is 4.17. The minimum absolute atomic E-state index is 0.181. The van der Waals surface area contributed by atoms with E-state index in [2.05, 4.69) is 20.5 Å². The number of carbonyl (C=O) groups excluding carboxylic acids is 1. The Bertz CT molecular complexity index is 1020. The molecule has 1 aromatic carbocycles. The summed E-state index contributed by atoms with van der Waals surface area (Å²) in [7, 11) is 0. The number of amides is 1. The first kappa shape index (κ1) is 15.1. The molecule has 124 valence electrons. The highest BCUT2D eigenvalue weighted by atomic mass is 16.1. The molecule has 6 heteroatoms. The van der Waals surface area contributed by atoms with E-state index in [9.17, 15) is 4.79 Å². The van der Waals surface area contributed by atoms with Crippen LogP contribution in [0.25, 0.3) is 16.9 Å². The first-order chi connectivity index (χ1) is 12.1. The maximum atomic E-state index is 12.7. The molecule has 4 rings (SSSR count). The zero-order chi connectivity index (χ0) is 17.4. The van der Waals surface area contributed by atoms with E-state index in [0.717, 1.165) is 28.3 Å². The second-order valence-corrected chi connectivity index (χ2v) is 5.90. The molecule has 0 aliphatic rings. The van der Waals surface area contributed by atoms with Gasteiger partial charge in [0.15, 0.2) is 0 Å². The fourth-order valence-corrected chi connectivity index (χ4v) is 2.95. The molecule has 0 spiro atoms. The Morgan fingerprint density at radius 3 is 2.68 bits per heavy atom. The van der Waals surface area contributed by atoms with Crippen molar-refractivity contribution in [3.8, 4) is 11.3 Å². The Labute approximate surface area is 144 Å². The van der Waals surface area contributed by atoms with Gasteiger partial charge in [-0.3, -0.25) is 9.89 Å². The smallest absolute Gasteiger partial charge is 0.259 e. The van der Waals surface area contributed by atoms with E-state index in [1.54, 1.807) is 0 Å². The summed E-state index contributed by atoms with van der Waals surface area (Å²) < 4.78 is 1.96. The van der Waals surface area contributed by atoms with Crippen LogP contribution in [0.15, 0.2) is 54.9 Å². The van der Waals surface area contributed by atoms with Crippen LogP contribution in [0.2, 0.25) is 0 Å². The van der Waals surface area contributed by atoms with E-state index < -0.39 is 0 Å². The zero-order valence-electron chi connectivity index (χ0n) is 13.9. The first-order valence-electron chi connectivity index (χ1n) is 7.99. The number of hydrogen-bond donors (Lipinski definition) is 2. The van der Waals surface area contributed by atoms with Crippen LogP contribution in [-0.2, 0) is 0 Å². The first-order valence-corrected chi connectivity index (χ1v) is 7.99. The van der Waals surface area contributed by atoms with Gasteiger partial charge in [-0.05, 0) is 32.0 Å². The zero-order valence-corrected chi connectivity index (χ0v) is 13.9. The van der Waals surface area contributed by atoms with Crippen molar-refractivity contribution >= 4 is 17.2 Å². The van der Waals surface area contributed by atoms with Gasteiger partial charge in [0.2, 0.25) is 0 Å². The standard InChI is InChI=1S/C19H17N5O/c1-12-18(13(2)23-22-12)19(25)21-15-8-4-3-7-14(15)16-11-24-10-6-5-9-17(24)20-16/h3-11H,1-2H3,(H,21,25)(H,22,23). The number of aryl methyl sites for hydroxylation is 2. The van der Waals surface area contributed by atoms with Gasteiger partial charge < -0.3 is 9.72 Å². The number of rotatable bonds is 3. The topological polar surface area (TPSA) is 75.1 Å². The Balaban J connectivity index is 1.73. The van der Waals surface area contributed by atoms with Crippen molar-refractivity contribution in [3.63, 3.8) is 0 Å². The molecule has 0 radical (unpaired) electrons. The van der Waals surface area contributed by atoms with E-state index in [-0.39, 0.29) is 5.91 Å². The molecule has 0 bridgehead atoms. The quantitative estimate of drug-likeness (QED) is 0.602. The Morgan fingerprint density at radius 1 is 1.12 bits per heavy atom. The molecule has 0 aliphatic carbocycles. The second kappa shape index (κ2) is 5.90. The van der Waals surface area contributed by atoms with Crippen LogP contribution in [0.5, 0.6) is 0 Å². The third-order valence-electron chi connectivity index (χ3n) is 4.17. The SMILES string of the molecule is Cc1n[nH]c(C)c1C(=O)Nc1ccccc1-c1cn2ccccc2n1. The summed E-state index contributed by atoms with van der Waals surface area (Å²) in [6.07, 6.45) is 3.90. The summed E-state index contributed by atoms with van der Waals surface area (Å²) in [5.41, 5.74) is 5.27. The second-order valence-electron chi connectivity index (χ2n) is 5.90. The van der Waals surface area contributed by atoms with Gasteiger partial charge in [0.25, 0.3) is 5.91 Å². The van der Waals surface area contributed by atoms with Gasteiger partial charge in [0.1, 0.15) is 5.65 Å². The predicted molar refractivity (Wildman–Crippen MR) is 96.6 cm³/mol. The number of carbonyl (C=O) groups is 1. The fourth-order valence-electron chi connectivity index (χ4n) is 2.95. The number of imidazole rings is 1. The summed E-state index contributed by atoms with van der Waals surface area (Å²) in [4.78, 5) is 17.3. The maximum Gasteiger partial charge on any atom is 0.259 e. The van der Waals surface area contributed by atoms with E-state index in [1.807, 2.05) is 73.1 Å². The van der Waals surface area contributed by atoms with Crippen LogP contribution in [0.4, 0.5) is 5.69 Å². The lowest BCUT2D eigenvalue weighted by molar-refractivity contribution is 0.102. The van der Waals surface area contributed by atoms with Crippen molar-refractivity contribution in [2.75, 3.05) is 5.32 Å². The van der Waals surface area contributed by atoms with Crippen molar-refractivity contribution in [2.24, 2.45) is 0 Å². The molecular formula is C19H17N5O. The summed E-state index contributed by atoms with van der Waals surface area (Å²) >= 11 is 0.